The summed E-state index contributed by atoms with van der Waals surface area (Å²) in [6.45, 7) is 1.36. The lowest BCUT2D eigenvalue weighted by Gasteiger charge is -2.20. The molecule has 8 nitrogen and oxygen atoms in total. The van der Waals surface area contributed by atoms with Gasteiger partial charge in [0.1, 0.15) is 12.1 Å². The second kappa shape index (κ2) is 8.79. The van der Waals surface area contributed by atoms with Crippen LogP contribution < -0.4 is 10.6 Å². The molecule has 2 aliphatic rings. The van der Waals surface area contributed by atoms with Crippen molar-refractivity contribution >= 4 is 29.5 Å². The van der Waals surface area contributed by atoms with Gasteiger partial charge in [-0.25, -0.2) is 9.59 Å². The van der Waals surface area contributed by atoms with Crippen LogP contribution in [0.4, 0.5) is 10.5 Å². The van der Waals surface area contributed by atoms with Crippen molar-refractivity contribution in [2.24, 2.45) is 5.92 Å². The zero-order chi connectivity index (χ0) is 23.6. The SMILES string of the molecule is COC(=O)c1cccc(C#Cc2cccc(NC(=O)CN3C(=O)NC(C)(C4CC4)C3=O)c2)c1. The smallest absolute Gasteiger partial charge is 0.337 e. The lowest BCUT2D eigenvalue weighted by atomic mass is 9.96. The number of ether oxygens (including phenoxy) is 1. The summed E-state index contributed by atoms with van der Waals surface area (Å²) in [5.74, 6) is 4.83. The van der Waals surface area contributed by atoms with E-state index in [0.29, 0.717) is 22.4 Å². The fraction of sp³-hybridized carbons (Fsp3) is 0.280. The Kier molecular flexibility index (Phi) is 5.88. The van der Waals surface area contributed by atoms with E-state index in [1.165, 1.54) is 7.11 Å². The van der Waals surface area contributed by atoms with E-state index >= 15 is 0 Å². The first-order valence-electron chi connectivity index (χ1n) is 10.5. The largest absolute Gasteiger partial charge is 0.465 e. The number of carbonyl (C=O) groups excluding carboxylic acids is 4. The summed E-state index contributed by atoms with van der Waals surface area (Å²) >= 11 is 0. The average molecular weight is 445 g/mol. The van der Waals surface area contributed by atoms with E-state index < -0.39 is 23.4 Å². The van der Waals surface area contributed by atoms with Crippen LogP contribution in [0.2, 0.25) is 0 Å². The molecule has 1 aliphatic carbocycles. The zero-order valence-electron chi connectivity index (χ0n) is 18.3. The van der Waals surface area contributed by atoms with E-state index in [0.717, 1.165) is 17.7 Å². The van der Waals surface area contributed by atoms with Gasteiger partial charge in [0.25, 0.3) is 5.91 Å². The summed E-state index contributed by atoms with van der Waals surface area (Å²) in [4.78, 5) is 50.1. The van der Waals surface area contributed by atoms with Crippen LogP contribution in [0.3, 0.4) is 0 Å². The first-order chi connectivity index (χ1) is 15.8. The Balaban J connectivity index is 1.41. The topological polar surface area (TPSA) is 105 Å². The molecule has 4 amide bonds. The van der Waals surface area contributed by atoms with Crippen molar-refractivity contribution in [2.45, 2.75) is 25.3 Å². The van der Waals surface area contributed by atoms with E-state index in [1.54, 1.807) is 55.5 Å². The molecule has 1 heterocycles. The molecule has 2 fully saturated rings. The van der Waals surface area contributed by atoms with Gasteiger partial charge in [-0.05, 0) is 62.1 Å². The molecule has 0 aromatic heterocycles. The number of rotatable bonds is 5. The number of hydrogen-bond acceptors (Lipinski definition) is 5. The molecule has 1 atom stereocenters. The number of hydrogen-bond donors (Lipinski definition) is 2. The van der Waals surface area contributed by atoms with Crippen LogP contribution >= 0.6 is 0 Å². The highest BCUT2D eigenvalue weighted by Gasteiger charge is 2.56. The number of esters is 1. The van der Waals surface area contributed by atoms with Gasteiger partial charge in [-0.2, -0.15) is 0 Å². The monoisotopic (exact) mass is 445 g/mol. The Morgan fingerprint density at radius 3 is 2.45 bits per heavy atom. The molecular formula is C25H23N3O5. The van der Waals surface area contributed by atoms with Crippen LogP contribution in [0.1, 0.15) is 41.3 Å². The molecule has 1 unspecified atom stereocenters. The molecule has 0 radical (unpaired) electrons. The number of nitrogens with zero attached hydrogens (tertiary/aromatic N) is 1. The second-order valence-electron chi connectivity index (χ2n) is 8.25. The first-order valence-corrected chi connectivity index (χ1v) is 10.5. The minimum absolute atomic E-state index is 0.130. The lowest BCUT2D eigenvalue weighted by Crippen LogP contribution is -2.46. The lowest BCUT2D eigenvalue weighted by molar-refractivity contribution is -0.134. The molecule has 168 valence electrons. The maximum absolute atomic E-state index is 12.7. The number of urea groups is 1. The van der Waals surface area contributed by atoms with Gasteiger partial charge in [0, 0.05) is 16.8 Å². The van der Waals surface area contributed by atoms with Gasteiger partial charge in [-0.3, -0.25) is 14.5 Å². The van der Waals surface area contributed by atoms with Crippen molar-refractivity contribution < 1.29 is 23.9 Å². The summed E-state index contributed by atoms with van der Waals surface area (Å²) in [7, 11) is 1.32. The van der Waals surface area contributed by atoms with Gasteiger partial charge in [0.05, 0.1) is 12.7 Å². The Morgan fingerprint density at radius 2 is 1.79 bits per heavy atom. The fourth-order valence-corrected chi connectivity index (χ4v) is 3.80. The molecule has 0 spiro atoms. The van der Waals surface area contributed by atoms with Crippen LogP contribution in [0.25, 0.3) is 0 Å². The van der Waals surface area contributed by atoms with Crippen molar-refractivity contribution in [3.63, 3.8) is 0 Å². The van der Waals surface area contributed by atoms with Crippen molar-refractivity contribution in [2.75, 3.05) is 19.0 Å². The predicted molar refractivity (Wildman–Crippen MR) is 120 cm³/mol. The molecule has 1 saturated heterocycles. The summed E-state index contributed by atoms with van der Waals surface area (Å²) in [6, 6.07) is 13.1. The van der Waals surface area contributed by atoms with Gasteiger partial charge < -0.3 is 15.4 Å². The number of methoxy groups -OCH3 is 1. The maximum Gasteiger partial charge on any atom is 0.337 e. The summed E-state index contributed by atoms with van der Waals surface area (Å²) in [5, 5.41) is 5.44. The molecule has 2 aromatic rings. The van der Waals surface area contributed by atoms with Crippen molar-refractivity contribution in [1.29, 1.82) is 0 Å². The van der Waals surface area contributed by atoms with Gasteiger partial charge in [0.2, 0.25) is 5.91 Å². The molecule has 33 heavy (non-hydrogen) atoms. The molecule has 1 saturated carbocycles. The number of benzene rings is 2. The number of carbonyl (C=O) groups is 4. The number of imide groups is 1. The van der Waals surface area contributed by atoms with Crippen molar-refractivity contribution in [3.8, 4) is 11.8 Å². The highest BCUT2D eigenvalue weighted by Crippen LogP contribution is 2.42. The summed E-state index contributed by atoms with van der Waals surface area (Å²) < 4.78 is 4.72. The highest BCUT2D eigenvalue weighted by molar-refractivity contribution is 6.10. The van der Waals surface area contributed by atoms with Crippen molar-refractivity contribution in [3.05, 3.63) is 65.2 Å². The number of anilines is 1. The normalized spacial score (nSPS) is 19.4. The summed E-state index contributed by atoms with van der Waals surface area (Å²) in [5.41, 5.74) is 1.27. The van der Waals surface area contributed by atoms with Crippen LogP contribution in [0.5, 0.6) is 0 Å². The molecule has 8 heteroatoms. The van der Waals surface area contributed by atoms with Crippen LogP contribution in [-0.2, 0) is 14.3 Å². The zero-order valence-corrected chi connectivity index (χ0v) is 18.3. The third-order valence-electron chi connectivity index (χ3n) is 5.78. The third kappa shape index (κ3) is 4.72. The molecule has 2 N–H and O–H groups in total. The molecule has 0 bridgehead atoms. The second-order valence-corrected chi connectivity index (χ2v) is 8.25. The van der Waals surface area contributed by atoms with E-state index in [-0.39, 0.29) is 18.4 Å². The van der Waals surface area contributed by atoms with Gasteiger partial charge in [0.15, 0.2) is 0 Å². The molecular weight excluding hydrogens is 422 g/mol. The van der Waals surface area contributed by atoms with E-state index in [9.17, 15) is 19.2 Å². The van der Waals surface area contributed by atoms with Crippen LogP contribution in [0, 0.1) is 17.8 Å². The fourth-order valence-electron chi connectivity index (χ4n) is 3.80. The quantitative estimate of drug-likeness (QED) is 0.418. The Labute approximate surface area is 191 Å². The molecule has 4 rings (SSSR count). The molecule has 1 aliphatic heterocycles. The highest BCUT2D eigenvalue weighted by atomic mass is 16.5. The minimum Gasteiger partial charge on any atom is -0.465 e. The minimum atomic E-state index is -0.919. The van der Waals surface area contributed by atoms with Crippen LogP contribution in [0.15, 0.2) is 48.5 Å². The van der Waals surface area contributed by atoms with E-state index in [1.807, 2.05) is 0 Å². The van der Waals surface area contributed by atoms with E-state index in [2.05, 4.69) is 22.5 Å². The Bertz CT molecular complexity index is 1210. The maximum atomic E-state index is 12.7. The first kappa shape index (κ1) is 22.1. The van der Waals surface area contributed by atoms with Gasteiger partial charge in [-0.1, -0.05) is 24.0 Å². The van der Waals surface area contributed by atoms with Gasteiger partial charge in [-0.15, -0.1) is 0 Å². The average Bonchev–Trinajstić information content (AvgIpc) is 3.64. The van der Waals surface area contributed by atoms with Gasteiger partial charge >= 0.3 is 12.0 Å². The summed E-state index contributed by atoms with van der Waals surface area (Å²) in [6.07, 6.45) is 1.78. The Hall–Kier alpha value is -4.12. The van der Waals surface area contributed by atoms with Crippen molar-refractivity contribution in [1.82, 2.24) is 10.2 Å². The molecule has 2 aromatic carbocycles. The standard InChI is InChI=1S/C25H23N3O5/c1-25(19-11-12-19)23(31)28(24(32)27-25)15-21(29)26-20-8-4-6-17(14-20)10-9-16-5-3-7-18(13-16)22(30)33-2/h3-8,13-14,19H,11-12,15H2,1-2H3,(H,26,29)(H,27,32). The number of nitrogens with one attached hydrogen (secondary N) is 2. The number of amides is 4. The third-order valence-corrected chi connectivity index (χ3v) is 5.78. The van der Waals surface area contributed by atoms with E-state index in [4.69, 9.17) is 4.74 Å². The Morgan fingerprint density at radius 1 is 1.12 bits per heavy atom. The predicted octanol–water partition coefficient (Wildman–Crippen LogP) is 2.53. The van der Waals surface area contributed by atoms with Crippen LogP contribution in [-0.4, -0.2) is 47.9 Å².